The van der Waals surface area contributed by atoms with Crippen LogP contribution in [0.4, 0.5) is 5.95 Å². The molecule has 0 N–H and O–H groups in total. The summed E-state index contributed by atoms with van der Waals surface area (Å²) in [5, 5.41) is 0. The number of hydrogen-bond donors (Lipinski definition) is 0. The minimum Gasteiger partial charge on any atom is -0.228 e. The van der Waals surface area contributed by atoms with E-state index in [9.17, 15) is 0 Å². The molecular weight excluding hydrogens is 152 g/mol. The Morgan fingerprint density at radius 3 is 1.83 bits per heavy atom. The van der Waals surface area contributed by atoms with Gasteiger partial charge in [0, 0.05) is 0 Å². The topological polar surface area (TPSA) is 51.0 Å². The minimum absolute atomic E-state index is 0.287. The zero-order valence-electron chi connectivity index (χ0n) is 6.56. The van der Waals surface area contributed by atoms with E-state index < -0.39 is 0 Å². The van der Waals surface area contributed by atoms with Crippen LogP contribution >= 0.6 is 0 Å². The maximum Gasteiger partial charge on any atom is 0.252 e. The van der Waals surface area contributed by atoms with Crippen molar-refractivity contribution in [2.45, 2.75) is 0 Å². The fraction of sp³-hybridized carbons (Fsp3) is 0. The Morgan fingerprint density at radius 1 is 1.00 bits per heavy atom. The fourth-order valence-corrected chi connectivity index (χ4v) is 0.651. The van der Waals surface area contributed by atoms with Gasteiger partial charge in [0.25, 0.3) is 5.95 Å². The molecule has 0 aliphatic rings. The first-order valence-electron chi connectivity index (χ1n) is 3.28. The third kappa shape index (κ3) is 1.60. The second-order valence-corrected chi connectivity index (χ2v) is 1.92. The highest BCUT2D eigenvalue weighted by molar-refractivity contribution is 5.46. The summed E-state index contributed by atoms with van der Waals surface area (Å²) in [5.41, 5.74) is 0. The molecule has 0 aliphatic heterocycles. The number of rotatable bonds is 3. The molecule has 4 nitrogen and oxygen atoms in total. The Balaban J connectivity index is 3.26. The summed E-state index contributed by atoms with van der Waals surface area (Å²) in [4.78, 5) is 15.4. The van der Waals surface area contributed by atoms with E-state index in [1.807, 2.05) is 0 Å². The number of aliphatic imine (C=N–C) groups is 1. The van der Waals surface area contributed by atoms with Gasteiger partial charge < -0.3 is 0 Å². The monoisotopic (exact) mass is 160 g/mol. The number of hydrogen-bond acceptors (Lipinski definition) is 4. The van der Waals surface area contributed by atoms with Crippen molar-refractivity contribution >= 4 is 24.8 Å². The van der Waals surface area contributed by atoms with E-state index in [4.69, 9.17) is 0 Å². The van der Waals surface area contributed by atoms with E-state index in [2.05, 4.69) is 39.8 Å². The van der Waals surface area contributed by atoms with Crippen LogP contribution < -0.4 is 0 Å². The van der Waals surface area contributed by atoms with E-state index in [1.165, 1.54) is 12.2 Å². The first-order chi connectivity index (χ1) is 5.80. The molecule has 0 radical (unpaired) electrons. The molecule has 0 fully saturated rings. The van der Waals surface area contributed by atoms with Gasteiger partial charge in [-0.3, -0.25) is 0 Å². The summed E-state index contributed by atoms with van der Waals surface area (Å²) < 4.78 is 0. The lowest BCUT2D eigenvalue weighted by Crippen LogP contribution is -1.94. The molecule has 1 aromatic heterocycles. The van der Waals surface area contributed by atoms with Crippen LogP contribution in [0.15, 0.2) is 18.2 Å². The van der Waals surface area contributed by atoms with E-state index in [-0.39, 0.29) is 5.95 Å². The Bertz CT molecular complexity index is 265. The van der Waals surface area contributed by atoms with Crippen LogP contribution in [0.1, 0.15) is 11.6 Å². The summed E-state index contributed by atoms with van der Waals surface area (Å²) in [7, 11) is 0. The second-order valence-electron chi connectivity index (χ2n) is 1.92. The summed E-state index contributed by atoms with van der Waals surface area (Å²) in [6, 6.07) is 0. The predicted molar refractivity (Wildman–Crippen MR) is 49.2 cm³/mol. The lowest BCUT2D eigenvalue weighted by Gasteiger charge is -1.95. The van der Waals surface area contributed by atoms with Crippen molar-refractivity contribution in [3.63, 3.8) is 0 Å². The van der Waals surface area contributed by atoms with Gasteiger partial charge >= 0.3 is 0 Å². The highest BCUT2D eigenvalue weighted by Gasteiger charge is 1.98. The third-order valence-corrected chi connectivity index (χ3v) is 1.16. The molecule has 0 unspecified atom stereocenters. The van der Waals surface area contributed by atoms with Crippen LogP contribution in [0.5, 0.6) is 0 Å². The van der Waals surface area contributed by atoms with E-state index >= 15 is 0 Å². The Morgan fingerprint density at radius 2 is 1.50 bits per heavy atom. The van der Waals surface area contributed by atoms with Crippen molar-refractivity contribution in [2.24, 2.45) is 4.99 Å². The van der Waals surface area contributed by atoms with Gasteiger partial charge in [-0.2, -0.15) is 9.97 Å². The van der Waals surface area contributed by atoms with Crippen LogP contribution in [0.25, 0.3) is 12.2 Å². The molecule has 0 aromatic carbocycles. The summed E-state index contributed by atoms with van der Waals surface area (Å²) in [6.07, 6.45) is 3.03. The molecule has 0 amide bonds. The molecule has 1 heterocycles. The first kappa shape index (κ1) is 8.26. The van der Waals surface area contributed by atoms with Crippen LogP contribution in [-0.2, 0) is 0 Å². The smallest absolute Gasteiger partial charge is 0.228 e. The minimum atomic E-state index is 0.287. The largest absolute Gasteiger partial charge is 0.252 e. The van der Waals surface area contributed by atoms with Gasteiger partial charge in [0.1, 0.15) is 0 Å². The predicted octanol–water partition coefficient (Wildman–Crippen LogP) is 1.49. The molecule has 60 valence electrons. The van der Waals surface area contributed by atoms with Crippen molar-refractivity contribution in [1.29, 1.82) is 0 Å². The standard InChI is InChI=1S/C8H8N4/c1-4-6-10-7(5-2)12-8(9-3)11-6/h4-5H,1-3H2. The Kier molecular flexibility index (Phi) is 2.42. The lowest BCUT2D eigenvalue weighted by molar-refractivity contribution is 1.00. The SMILES string of the molecule is C=Cc1nc(C=C)nc(N=C)n1. The van der Waals surface area contributed by atoms with Crippen LogP contribution in [0.2, 0.25) is 0 Å². The molecule has 0 aliphatic carbocycles. The van der Waals surface area contributed by atoms with Crippen molar-refractivity contribution in [3.8, 4) is 0 Å². The quantitative estimate of drug-likeness (QED) is 0.629. The van der Waals surface area contributed by atoms with Crippen molar-refractivity contribution in [3.05, 3.63) is 24.8 Å². The molecule has 0 spiro atoms. The Labute approximate surface area is 70.4 Å². The maximum absolute atomic E-state index is 3.97. The summed E-state index contributed by atoms with van der Waals surface area (Å²) in [5.74, 6) is 1.24. The molecule has 12 heavy (non-hydrogen) atoms. The highest BCUT2D eigenvalue weighted by atomic mass is 15.1. The van der Waals surface area contributed by atoms with Gasteiger partial charge in [-0.1, -0.05) is 13.2 Å². The average Bonchev–Trinajstić information content (AvgIpc) is 2.16. The molecule has 1 rings (SSSR count). The van der Waals surface area contributed by atoms with Gasteiger partial charge in [0.15, 0.2) is 11.6 Å². The summed E-state index contributed by atoms with van der Waals surface area (Å²) in [6.45, 7) is 10.4. The lowest BCUT2D eigenvalue weighted by atomic mass is 10.5. The average molecular weight is 160 g/mol. The third-order valence-electron chi connectivity index (χ3n) is 1.16. The normalized spacial score (nSPS) is 9.00. The van der Waals surface area contributed by atoms with Gasteiger partial charge in [-0.15, -0.1) is 0 Å². The second kappa shape index (κ2) is 3.52. The van der Waals surface area contributed by atoms with Gasteiger partial charge in [0.2, 0.25) is 0 Å². The molecule has 0 saturated carbocycles. The Hall–Kier alpha value is -1.84. The molecule has 0 bridgehead atoms. The van der Waals surface area contributed by atoms with Crippen molar-refractivity contribution in [1.82, 2.24) is 15.0 Å². The molecular formula is C8H8N4. The molecule has 1 aromatic rings. The molecule has 0 saturated heterocycles. The highest BCUT2D eigenvalue weighted by Crippen LogP contribution is 2.05. The number of nitrogens with zero attached hydrogens (tertiary/aromatic N) is 4. The van der Waals surface area contributed by atoms with Crippen molar-refractivity contribution < 1.29 is 0 Å². The van der Waals surface area contributed by atoms with E-state index in [0.717, 1.165) is 0 Å². The fourth-order valence-electron chi connectivity index (χ4n) is 0.651. The van der Waals surface area contributed by atoms with Gasteiger partial charge in [0.05, 0.1) is 0 Å². The molecule has 0 atom stereocenters. The first-order valence-corrected chi connectivity index (χ1v) is 3.28. The van der Waals surface area contributed by atoms with Gasteiger partial charge in [-0.05, 0) is 18.9 Å². The van der Waals surface area contributed by atoms with Crippen molar-refractivity contribution in [2.75, 3.05) is 0 Å². The number of aromatic nitrogens is 3. The van der Waals surface area contributed by atoms with Crippen LogP contribution in [0, 0.1) is 0 Å². The van der Waals surface area contributed by atoms with Crippen LogP contribution in [-0.4, -0.2) is 21.7 Å². The van der Waals surface area contributed by atoms with E-state index in [0.29, 0.717) is 11.6 Å². The summed E-state index contributed by atoms with van der Waals surface area (Å²) >= 11 is 0. The van der Waals surface area contributed by atoms with Crippen LogP contribution in [0.3, 0.4) is 0 Å². The van der Waals surface area contributed by atoms with E-state index in [1.54, 1.807) is 0 Å². The zero-order chi connectivity index (χ0) is 8.97. The maximum atomic E-state index is 3.97. The molecule has 4 heteroatoms. The van der Waals surface area contributed by atoms with Gasteiger partial charge in [-0.25, -0.2) is 9.98 Å². The zero-order valence-corrected chi connectivity index (χ0v) is 6.56.